The number of ether oxygens (including phenoxy) is 2. The standard InChI is InChI=1S/C44H80NO13P/c1-3-5-7-8-9-10-11-12-13-14-15-16-17-18-23-27-42(49)55-32-36(33-56-59(53,54)57-34-39(45)44(51)52)58-43(50)28-24-20-19-22-26-37-38(41(48)31-40(37)47)30-29-35(46)25-21-6-4-2/h29-30,35-40,46-47H,3-28,31-34,45H2,1-2H3,(H,51,52)(H,53,54)/b30-29+/t35-,36+,37+,38+,39-,40-/m0/s1. The second kappa shape index (κ2) is 34.4. The van der Waals surface area contributed by atoms with Crippen LogP contribution in [0, 0.1) is 11.8 Å². The summed E-state index contributed by atoms with van der Waals surface area (Å²) < 4.78 is 32.7. The van der Waals surface area contributed by atoms with Crippen molar-refractivity contribution in [3.05, 3.63) is 12.2 Å². The van der Waals surface area contributed by atoms with Crippen molar-refractivity contribution in [2.24, 2.45) is 17.6 Å². The molecule has 1 fully saturated rings. The Kier molecular flexibility index (Phi) is 32.0. The fourth-order valence-electron chi connectivity index (χ4n) is 7.26. The lowest BCUT2D eigenvalue weighted by atomic mass is 9.88. The number of aliphatic hydroxyl groups is 2. The summed E-state index contributed by atoms with van der Waals surface area (Å²) in [6.07, 6.45) is 26.1. The van der Waals surface area contributed by atoms with Gasteiger partial charge in [0.25, 0.3) is 0 Å². The first-order chi connectivity index (χ1) is 28.3. The zero-order chi connectivity index (χ0) is 43.7. The normalized spacial score (nSPS) is 19.4. The molecule has 14 nitrogen and oxygen atoms in total. The minimum absolute atomic E-state index is 0.0237. The predicted molar refractivity (Wildman–Crippen MR) is 227 cm³/mol. The van der Waals surface area contributed by atoms with E-state index in [1.165, 1.54) is 70.6 Å². The maximum Gasteiger partial charge on any atom is 0.472 e. The largest absolute Gasteiger partial charge is 0.480 e. The number of carboxylic acid groups (broad SMARTS) is 1. The second-order valence-corrected chi connectivity index (χ2v) is 17.8. The Balaban J connectivity index is 2.46. The highest BCUT2D eigenvalue weighted by Gasteiger charge is 2.39. The molecule has 0 aromatic carbocycles. The maximum atomic E-state index is 12.8. The zero-order valence-electron chi connectivity index (χ0n) is 36.3. The molecule has 344 valence electrons. The van der Waals surface area contributed by atoms with Crippen molar-refractivity contribution in [1.29, 1.82) is 0 Å². The number of aliphatic carboxylic acids is 1. The minimum atomic E-state index is -4.78. The summed E-state index contributed by atoms with van der Waals surface area (Å²) >= 11 is 0. The van der Waals surface area contributed by atoms with Gasteiger partial charge in [0.05, 0.1) is 25.4 Å². The Bertz CT molecular complexity index is 1220. The molecule has 0 amide bonds. The quantitative estimate of drug-likeness (QED) is 0.0169. The van der Waals surface area contributed by atoms with Crippen LogP contribution < -0.4 is 5.73 Å². The van der Waals surface area contributed by atoms with Gasteiger partial charge in [-0.25, -0.2) is 4.57 Å². The highest BCUT2D eigenvalue weighted by atomic mass is 31.2. The molecule has 0 spiro atoms. The van der Waals surface area contributed by atoms with E-state index in [0.29, 0.717) is 32.1 Å². The number of unbranched alkanes of at least 4 members (excludes halogenated alkanes) is 19. The first kappa shape index (κ1) is 54.8. The van der Waals surface area contributed by atoms with E-state index in [2.05, 4.69) is 18.4 Å². The summed E-state index contributed by atoms with van der Waals surface area (Å²) in [5.74, 6) is -3.23. The van der Waals surface area contributed by atoms with Crippen LogP contribution in [-0.2, 0) is 42.3 Å². The number of carbonyl (C=O) groups excluding carboxylic acids is 3. The van der Waals surface area contributed by atoms with E-state index < -0.39 is 75.8 Å². The van der Waals surface area contributed by atoms with Crippen LogP contribution in [0.5, 0.6) is 0 Å². The van der Waals surface area contributed by atoms with Crippen molar-refractivity contribution in [2.45, 2.75) is 212 Å². The van der Waals surface area contributed by atoms with Gasteiger partial charge in [-0.1, -0.05) is 154 Å². The first-order valence-electron chi connectivity index (χ1n) is 22.8. The molecule has 6 N–H and O–H groups in total. The fraction of sp³-hybridized carbons (Fsp3) is 0.864. The lowest BCUT2D eigenvalue weighted by Gasteiger charge is -2.20. The van der Waals surface area contributed by atoms with Gasteiger partial charge in [-0.15, -0.1) is 0 Å². The van der Waals surface area contributed by atoms with Crippen molar-refractivity contribution < 1.29 is 62.5 Å². The average Bonchev–Trinajstić information content (AvgIpc) is 3.47. The summed E-state index contributed by atoms with van der Waals surface area (Å²) in [4.78, 5) is 58.8. The Morgan fingerprint density at radius 2 is 1.24 bits per heavy atom. The van der Waals surface area contributed by atoms with Gasteiger partial charge in [0, 0.05) is 25.2 Å². The summed E-state index contributed by atoms with van der Waals surface area (Å²) in [6, 6.07) is -1.56. The number of hydrogen-bond donors (Lipinski definition) is 5. The molecular weight excluding hydrogens is 781 g/mol. The number of phosphoric acid groups is 1. The zero-order valence-corrected chi connectivity index (χ0v) is 37.2. The van der Waals surface area contributed by atoms with Gasteiger partial charge in [-0.2, -0.15) is 0 Å². The minimum Gasteiger partial charge on any atom is -0.480 e. The maximum absolute atomic E-state index is 12.8. The molecule has 0 radical (unpaired) electrons. The van der Waals surface area contributed by atoms with Crippen LogP contribution in [0.2, 0.25) is 0 Å². The van der Waals surface area contributed by atoms with Crippen molar-refractivity contribution in [3.8, 4) is 0 Å². The monoisotopic (exact) mass is 862 g/mol. The third-order valence-electron chi connectivity index (χ3n) is 10.9. The number of hydrogen-bond acceptors (Lipinski definition) is 12. The van der Waals surface area contributed by atoms with Gasteiger partial charge >= 0.3 is 25.7 Å². The fourth-order valence-corrected chi connectivity index (χ4v) is 8.04. The number of Topliss-reactive ketones (excluding diaryl/α,β-unsaturated/α-hetero) is 1. The molecule has 1 aliphatic rings. The number of carbonyl (C=O) groups is 4. The number of nitrogens with two attached hydrogens (primary N) is 1. The highest BCUT2D eigenvalue weighted by Crippen LogP contribution is 2.43. The van der Waals surface area contributed by atoms with E-state index in [0.717, 1.165) is 51.4 Å². The van der Waals surface area contributed by atoms with E-state index in [9.17, 15) is 38.8 Å². The molecule has 0 saturated heterocycles. The number of carboxylic acids is 1. The third kappa shape index (κ3) is 28.9. The van der Waals surface area contributed by atoms with Crippen LogP contribution in [0.3, 0.4) is 0 Å². The van der Waals surface area contributed by atoms with Crippen LogP contribution in [-0.4, -0.2) is 88.1 Å². The predicted octanol–water partition coefficient (Wildman–Crippen LogP) is 8.65. The van der Waals surface area contributed by atoms with E-state index in [1.54, 1.807) is 12.2 Å². The molecule has 0 heterocycles. The Morgan fingerprint density at radius 1 is 0.746 bits per heavy atom. The van der Waals surface area contributed by atoms with E-state index in [4.69, 9.17) is 24.8 Å². The van der Waals surface area contributed by atoms with Gasteiger partial charge in [-0.05, 0) is 31.6 Å². The molecule has 0 aromatic rings. The van der Waals surface area contributed by atoms with E-state index in [1.807, 2.05) is 0 Å². The number of allylic oxidation sites excluding steroid dienone is 1. The summed E-state index contributed by atoms with van der Waals surface area (Å²) in [5, 5.41) is 29.7. The molecule has 1 rings (SSSR count). The van der Waals surface area contributed by atoms with Crippen molar-refractivity contribution in [2.75, 3.05) is 19.8 Å². The van der Waals surface area contributed by atoms with Gasteiger partial charge in [0.15, 0.2) is 6.10 Å². The Morgan fingerprint density at radius 3 is 1.80 bits per heavy atom. The van der Waals surface area contributed by atoms with E-state index in [-0.39, 0.29) is 31.0 Å². The van der Waals surface area contributed by atoms with Crippen LogP contribution in [0.4, 0.5) is 0 Å². The third-order valence-corrected chi connectivity index (χ3v) is 11.9. The number of rotatable bonds is 39. The molecule has 0 aromatic heterocycles. The van der Waals surface area contributed by atoms with Crippen LogP contribution in [0.1, 0.15) is 187 Å². The van der Waals surface area contributed by atoms with Crippen molar-refractivity contribution in [3.63, 3.8) is 0 Å². The molecular formula is C44H80NO13P. The van der Waals surface area contributed by atoms with Gasteiger partial charge < -0.3 is 35.4 Å². The molecule has 0 bridgehead atoms. The average molecular weight is 862 g/mol. The number of ketones is 1. The molecule has 7 atom stereocenters. The summed E-state index contributed by atoms with van der Waals surface area (Å²) in [6.45, 7) is 2.48. The van der Waals surface area contributed by atoms with Gasteiger partial charge in [0.1, 0.15) is 18.4 Å². The van der Waals surface area contributed by atoms with Crippen LogP contribution in [0.25, 0.3) is 0 Å². The molecule has 15 heteroatoms. The van der Waals surface area contributed by atoms with Crippen LogP contribution >= 0.6 is 7.82 Å². The number of aliphatic hydroxyl groups excluding tert-OH is 2. The van der Waals surface area contributed by atoms with Gasteiger partial charge in [-0.3, -0.25) is 28.2 Å². The van der Waals surface area contributed by atoms with Crippen molar-refractivity contribution >= 4 is 31.5 Å². The molecule has 59 heavy (non-hydrogen) atoms. The van der Waals surface area contributed by atoms with E-state index >= 15 is 0 Å². The molecule has 0 aliphatic heterocycles. The Hall–Kier alpha value is -2.19. The second-order valence-electron chi connectivity index (χ2n) is 16.3. The lowest BCUT2D eigenvalue weighted by molar-refractivity contribution is -0.161. The Labute approximate surface area is 354 Å². The number of phosphoric ester groups is 1. The summed E-state index contributed by atoms with van der Waals surface area (Å²) in [5.41, 5.74) is 5.33. The van der Waals surface area contributed by atoms with Gasteiger partial charge in [0.2, 0.25) is 0 Å². The highest BCUT2D eigenvalue weighted by molar-refractivity contribution is 7.47. The molecule has 1 saturated carbocycles. The first-order valence-corrected chi connectivity index (χ1v) is 24.3. The smallest absolute Gasteiger partial charge is 0.472 e. The topological polar surface area (TPSA) is 229 Å². The summed E-state index contributed by atoms with van der Waals surface area (Å²) in [7, 11) is -4.78. The lowest BCUT2D eigenvalue weighted by Crippen LogP contribution is -2.34. The number of esters is 2. The van der Waals surface area contributed by atoms with Crippen molar-refractivity contribution in [1.82, 2.24) is 0 Å². The SMILES string of the molecule is CCCCCCCCCCCCCCCCCC(=O)OC[C@H](COP(=O)(O)OC[C@H](N)C(=O)O)OC(=O)CCCCCC[C@H]1[C@@H](O)CC(=O)[C@@H]1/C=C/[C@@H](O)CCCCC. The molecule has 1 aliphatic carbocycles. The molecule has 1 unspecified atom stereocenters. The van der Waals surface area contributed by atoms with Crippen LogP contribution in [0.15, 0.2) is 12.2 Å².